The van der Waals surface area contributed by atoms with Crippen molar-refractivity contribution in [1.29, 1.82) is 0 Å². The van der Waals surface area contributed by atoms with Crippen molar-refractivity contribution in [3.8, 4) is 17.2 Å². The average molecular weight is 404 g/mol. The molecule has 2 aliphatic rings. The van der Waals surface area contributed by atoms with Crippen LogP contribution in [-0.2, 0) is 10.0 Å². The minimum Gasteiger partial charge on any atom is -0.495 e. The Balaban J connectivity index is 1.62. The van der Waals surface area contributed by atoms with E-state index in [0.29, 0.717) is 30.3 Å². The number of ether oxygens (including phenoxy) is 3. The summed E-state index contributed by atoms with van der Waals surface area (Å²) < 4.78 is 43.1. The Labute approximate surface area is 163 Å². The maximum absolute atomic E-state index is 13.0. The van der Waals surface area contributed by atoms with Crippen LogP contribution in [0.4, 0.5) is 5.69 Å². The molecule has 1 saturated heterocycles. The van der Waals surface area contributed by atoms with Crippen molar-refractivity contribution in [3.63, 3.8) is 0 Å². The number of anilines is 1. The van der Waals surface area contributed by atoms with Crippen LogP contribution in [-0.4, -0.2) is 45.6 Å². The molecule has 0 unspecified atom stereocenters. The highest BCUT2D eigenvalue weighted by molar-refractivity contribution is 7.89. The Morgan fingerprint density at radius 3 is 2.57 bits per heavy atom. The Morgan fingerprint density at radius 2 is 1.82 bits per heavy atom. The first kappa shape index (κ1) is 18.6. The lowest BCUT2D eigenvalue weighted by molar-refractivity contribution is 0.102. The molecule has 2 aromatic rings. The van der Waals surface area contributed by atoms with Gasteiger partial charge >= 0.3 is 0 Å². The number of benzene rings is 2. The first-order valence-electron chi connectivity index (χ1n) is 8.88. The quantitative estimate of drug-likeness (QED) is 0.823. The molecule has 148 valence electrons. The Hall–Kier alpha value is -2.78. The Kier molecular flexibility index (Phi) is 4.86. The highest BCUT2D eigenvalue weighted by Crippen LogP contribution is 2.35. The SMILES string of the molecule is COc1ccc(C(=O)Nc2ccc3c(c2)OCO3)cc1S(=O)(=O)N1CCCC1. The van der Waals surface area contributed by atoms with Crippen LogP contribution in [0.1, 0.15) is 23.2 Å². The number of carbonyl (C=O) groups is 1. The third-order valence-corrected chi connectivity index (χ3v) is 6.66. The highest BCUT2D eigenvalue weighted by atomic mass is 32.2. The van der Waals surface area contributed by atoms with Gasteiger partial charge in [0.2, 0.25) is 16.8 Å². The molecule has 8 nitrogen and oxygen atoms in total. The lowest BCUT2D eigenvalue weighted by Crippen LogP contribution is -2.28. The molecule has 0 aliphatic carbocycles. The number of methoxy groups -OCH3 is 1. The van der Waals surface area contributed by atoms with Gasteiger partial charge in [0.15, 0.2) is 11.5 Å². The van der Waals surface area contributed by atoms with Crippen molar-refractivity contribution in [2.45, 2.75) is 17.7 Å². The first-order valence-corrected chi connectivity index (χ1v) is 10.3. The van der Waals surface area contributed by atoms with Crippen molar-refractivity contribution in [3.05, 3.63) is 42.0 Å². The summed E-state index contributed by atoms with van der Waals surface area (Å²) in [6, 6.07) is 9.44. The third kappa shape index (κ3) is 3.38. The number of sulfonamides is 1. The molecule has 1 N–H and O–H groups in total. The Bertz CT molecular complexity index is 1020. The second-order valence-corrected chi connectivity index (χ2v) is 8.41. The zero-order chi connectivity index (χ0) is 19.7. The van der Waals surface area contributed by atoms with Crippen molar-refractivity contribution in [2.75, 3.05) is 32.3 Å². The molecular formula is C19H20N2O6S. The van der Waals surface area contributed by atoms with Gasteiger partial charge in [-0.15, -0.1) is 0 Å². The monoisotopic (exact) mass is 404 g/mol. The summed E-state index contributed by atoms with van der Waals surface area (Å²) >= 11 is 0. The van der Waals surface area contributed by atoms with Crippen LogP contribution >= 0.6 is 0 Å². The fourth-order valence-corrected chi connectivity index (χ4v) is 4.96. The number of hydrogen-bond acceptors (Lipinski definition) is 6. The van der Waals surface area contributed by atoms with E-state index in [9.17, 15) is 13.2 Å². The summed E-state index contributed by atoms with van der Waals surface area (Å²) in [6.07, 6.45) is 1.65. The van der Waals surface area contributed by atoms with Gasteiger partial charge in [-0.3, -0.25) is 4.79 Å². The van der Waals surface area contributed by atoms with Crippen LogP contribution in [0.5, 0.6) is 17.2 Å². The fraction of sp³-hybridized carbons (Fsp3) is 0.316. The summed E-state index contributed by atoms with van der Waals surface area (Å²) in [7, 11) is -2.32. The lowest BCUT2D eigenvalue weighted by Gasteiger charge is -2.18. The van der Waals surface area contributed by atoms with E-state index in [1.54, 1.807) is 18.2 Å². The molecule has 0 radical (unpaired) electrons. The van der Waals surface area contributed by atoms with Gasteiger partial charge in [0.1, 0.15) is 10.6 Å². The number of fused-ring (bicyclic) bond motifs is 1. The standard InChI is InChI=1S/C19H20N2O6S/c1-25-16-6-4-13(10-18(16)28(23,24)21-8-2-3-9-21)19(22)20-14-5-7-15-17(11-14)27-12-26-15/h4-7,10-11H,2-3,8-9,12H2,1H3,(H,20,22). The number of rotatable bonds is 5. The molecule has 2 heterocycles. The molecule has 2 aromatic carbocycles. The summed E-state index contributed by atoms with van der Waals surface area (Å²) in [5.74, 6) is 0.942. The molecule has 9 heteroatoms. The fourth-order valence-electron chi connectivity index (χ4n) is 3.26. The summed E-state index contributed by atoms with van der Waals surface area (Å²) in [4.78, 5) is 12.7. The van der Waals surface area contributed by atoms with Crippen LogP contribution in [0, 0.1) is 0 Å². The largest absolute Gasteiger partial charge is 0.495 e. The molecule has 0 bridgehead atoms. The number of nitrogens with zero attached hydrogens (tertiary/aromatic N) is 1. The zero-order valence-corrected chi connectivity index (χ0v) is 16.1. The topological polar surface area (TPSA) is 94.2 Å². The first-order chi connectivity index (χ1) is 13.5. The van der Waals surface area contributed by atoms with Crippen LogP contribution < -0.4 is 19.5 Å². The number of hydrogen-bond donors (Lipinski definition) is 1. The van der Waals surface area contributed by atoms with Gasteiger partial charge in [-0.05, 0) is 43.2 Å². The second kappa shape index (κ2) is 7.33. The van der Waals surface area contributed by atoms with E-state index in [0.717, 1.165) is 12.8 Å². The normalized spacial score (nSPS) is 16.2. The van der Waals surface area contributed by atoms with Crippen molar-refractivity contribution in [1.82, 2.24) is 4.31 Å². The van der Waals surface area contributed by atoms with Crippen LogP contribution in [0.15, 0.2) is 41.3 Å². The number of carbonyl (C=O) groups excluding carboxylic acids is 1. The van der Waals surface area contributed by atoms with E-state index in [-0.39, 0.29) is 23.0 Å². The predicted molar refractivity (Wildman–Crippen MR) is 102 cm³/mol. The highest BCUT2D eigenvalue weighted by Gasteiger charge is 2.30. The average Bonchev–Trinajstić information content (AvgIpc) is 3.39. The predicted octanol–water partition coefficient (Wildman–Crippen LogP) is 2.46. The molecule has 0 spiro atoms. The molecule has 0 saturated carbocycles. The van der Waals surface area contributed by atoms with E-state index in [4.69, 9.17) is 14.2 Å². The van der Waals surface area contributed by atoms with Gasteiger partial charge in [0, 0.05) is 30.4 Å². The number of amides is 1. The van der Waals surface area contributed by atoms with Gasteiger partial charge in [0.25, 0.3) is 5.91 Å². The third-order valence-electron chi connectivity index (χ3n) is 4.74. The maximum atomic E-state index is 13.0. The second-order valence-electron chi connectivity index (χ2n) is 6.50. The van der Waals surface area contributed by atoms with Crippen molar-refractivity contribution >= 4 is 21.6 Å². The van der Waals surface area contributed by atoms with Gasteiger partial charge < -0.3 is 19.5 Å². The lowest BCUT2D eigenvalue weighted by atomic mass is 10.2. The van der Waals surface area contributed by atoms with E-state index in [1.165, 1.54) is 29.6 Å². The van der Waals surface area contributed by atoms with Crippen molar-refractivity contribution in [2.24, 2.45) is 0 Å². The summed E-state index contributed by atoms with van der Waals surface area (Å²) in [5, 5.41) is 2.75. The molecule has 4 rings (SSSR count). The van der Waals surface area contributed by atoms with Gasteiger partial charge in [-0.1, -0.05) is 0 Å². The molecule has 2 aliphatic heterocycles. The minimum atomic E-state index is -3.73. The van der Waals surface area contributed by atoms with Crippen LogP contribution in [0.3, 0.4) is 0 Å². The summed E-state index contributed by atoms with van der Waals surface area (Å²) in [6.45, 7) is 1.08. The molecule has 28 heavy (non-hydrogen) atoms. The van der Waals surface area contributed by atoms with Crippen LogP contribution in [0.25, 0.3) is 0 Å². The molecule has 1 amide bonds. The summed E-state index contributed by atoms with van der Waals surface area (Å²) in [5.41, 5.74) is 0.741. The van der Waals surface area contributed by atoms with E-state index < -0.39 is 15.9 Å². The molecule has 0 atom stereocenters. The smallest absolute Gasteiger partial charge is 0.255 e. The van der Waals surface area contributed by atoms with Crippen molar-refractivity contribution < 1.29 is 27.4 Å². The molecule has 0 aromatic heterocycles. The molecular weight excluding hydrogens is 384 g/mol. The van der Waals surface area contributed by atoms with E-state index in [2.05, 4.69) is 5.32 Å². The zero-order valence-electron chi connectivity index (χ0n) is 15.3. The van der Waals surface area contributed by atoms with E-state index >= 15 is 0 Å². The molecule has 1 fully saturated rings. The maximum Gasteiger partial charge on any atom is 0.255 e. The Morgan fingerprint density at radius 1 is 1.07 bits per heavy atom. The van der Waals surface area contributed by atoms with Gasteiger partial charge in [-0.2, -0.15) is 4.31 Å². The van der Waals surface area contributed by atoms with Gasteiger partial charge in [-0.25, -0.2) is 8.42 Å². The van der Waals surface area contributed by atoms with E-state index in [1.807, 2.05) is 0 Å². The van der Waals surface area contributed by atoms with Crippen LogP contribution in [0.2, 0.25) is 0 Å². The number of nitrogens with one attached hydrogen (secondary N) is 1. The van der Waals surface area contributed by atoms with Gasteiger partial charge in [0.05, 0.1) is 7.11 Å². The minimum absolute atomic E-state index is 0.00441.